The first kappa shape index (κ1) is 20.2. The maximum atomic E-state index is 12.8. The van der Waals surface area contributed by atoms with Gasteiger partial charge in [-0.2, -0.15) is 0 Å². The molecule has 32 heavy (non-hydrogen) atoms. The van der Waals surface area contributed by atoms with E-state index >= 15 is 0 Å². The van der Waals surface area contributed by atoms with E-state index in [1.54, 1.807) is 6.07 Å². The molecule has 7 heteroatoms. The lowest BCUT2D eigenvalue weighted by atomic mass is 10.0. The van der Waals surface area contributed by atoms with Crippen LogP contribution in [-0.4, -0.2) is 40.1 Å². The van der Waals surface area contributed by atoms with Crippen molar-refractivity contribution in [2.45, 2.75) is 12.6 Å². The van der Waals surface area contributed by atoms with Crippen LogP contribution in [0.1, 0.15) is 27.9 Å². The lowest BCUT2D eigenvalue weighted by molar-refractivity contribution is 0.0944. The molecule has 0 spiro atoms. The molecule has 1 aliphatic rings. The zero-order chi connectivity index (χ0) is 21.9. The van der Waals surface area contributed by atoms with Crippen molar-refractivity contribution in [3.05, 3.63) is 89.9 Å². The van der Waals surface area contributed by atoms with Gasteiger partial charge in [0.05, 0.1) is 17.6 Å². The Morgan fingerprint density at radius 2 is 1.84 bits per heavy atom. The fourth-order valence-corrected chi connectivity index (χ4v) is 4.20. The normalized spacial score (nSPS) is 16.3. The van der Waals surface area contributed by atoms with Crippen LogP contribution in [0.3, 0.4) is 0 Å². The minimum Gasteiger partial charge on any atom is -0.353 e. The van der Waals surface area contributed by atoms with Crippen LogP contribution in [0.5, 0.6) is 0 Å². The first-order valence-electron chi connectivity index (χ1n) is 10.9. The molecule has 2 aromatic heterocycles. The predicted octanol–water partition coefficient (Wildman–Crippen LogP) is 3.05. The number of nitrogens with one attached hydrogen (secondary N) is 2. The summed E-state index contributed by atoms with van der Waals surface area (Å²) in [6, 6.07) is 24.2. The van der Waals surface area contributed by atoms with Crippen LogP contribution < -0.4 is 15.5 Å². The molecule has 2 N–H and O–H groups in total. The van der Waals surface area contributed by atoms with Crippen molar-refractivity contribution in [3.8, 4) is 0 Å². The van der Waals surface area contributed by atoms with Gasteiger partial charge in [-0.15, -0.1) is 0 Å². The summed E-state index contributed by atoms with van der Waals surface area (Å²) in [7, 11) is 1.96. The molecule has 0 aliphatic carbocycles. The summed E-state index contributed by atoms with van der Waals surface area (Å²) in [4.78, 5) is 24.3. The summed E-state index contributed by atoms with van der Waals surface area (Å²) in [5.41, 5.74) is 3.64. The molecule has 1 atom stereocenters. The van der Waals surface area contributed by atoms with Gasteiger partial charge in [-0.25, -0.2) is 9.97 Å². The number of carbonyl (C=O) groups is 1. The molecule has 1 aliphatic heterocycles. The Balaban J connectivity index is 1.28. The largest absolute Gasteiger partial charge is 0.353 e. The monoisotopic (exact) mass is 426 g/mol. The molecule has 7 nitrogen and oxygen atoms in total. The van der Waals surface area contributed by atoms with Gasteiger partial charge in [-0.1, -0.05) is 48.5 Å². The second-order valence-corrected chi connectivity index (χ2v) is 8.00. The number of amides is 1. The number of anilines is 1. The van der Waals surface area contributed by atoms with E-state index in [1.807, 2.05) is 54.1 Å². The first-order chi connectivity index (χ1) is 15.7. The summed E-state index contributed by atoms with van der Waals surface area (Å²) in [5.74, 6) is 1.43. The van der Waals surface area contributed by atoms with Crippen LogP contribution in [0, 0.1) is 0 Å². The fraction of sp³-hybridized carbons (Fsp3) is 0.240. The van der Waals surface area contributed by atoms with Crippen LogP contribution in [0.25, 0.3) is 11.0 Å². The lowest BCUT2D eigenvalue weighted by Crippen LogP contribution is -2.46. The van der Waals surface area contributed by atoms with Gasteiger partial charge in [0.2, 0.25) is 0 Å². The lowest BCUT2D eigenvalue weighted by Gasteiger charge is -2.34. The van der Waals surface area contributed by atoms with Gasteiger partial charge in [0.15, 0.2) is 0 Å². The highest BCUT2D eigenvalue weighted by Gasteiger charge is 2.22. The molecule has 5 rings (SSSR count). The topological polar surface area (TPSA) is 75.1 Å². The van der Waals surface area contributed by atoms with Crippen LogP contribution in [0.4, 0.5) is 5.82 Å². The maximum Gasteiger partial charge on any atom is 0.270 e. The number of aryl methyl sites for hydroxylation is 1. The summed E-state index contributed by atoms with van der Waals surface area (Å²) >= 11 is 0. The molecule has 1 saturated heterocycles. The number of imidazole rings is 1. The average Bonchev–Trinajstić information content (AvgIpc) is 3.19. The van der Waals surface area contributed by atoms with Crippen LogP contribution in [0.15, 0.2) is 72.8 Å². The third kappa shape index (κ3) is 4.07. The Morgan fingerprint density at radius 3 is 2.69 bits per heavy atom. The second kappa shape index (κ2) is 8.80. The number of rotatable bonds is 5. The molecule has 0 saturated carbocycles. The van der Waals surface area contributed by atoms with Gasteiger partial charge in [0, 0.05) is 32.7 Å². The number of nitrogens with zero attached hydrogens (tertiary/aromatic N) is 4. The standard InChI is InChI=1S/C25H26N6O/c1-30-22-12-6-5-10-19(22)28-24(30)16-27-25(32)20-11-7-13-23(29-20)31-15-14-26-21(17-31)18-8-3-2-4-9-18/h2-13,21,26H,14-17H2,1H3,(H,27,32)/t21-/m1/s1. The molecular formula is C25H26N6O. The number of piperazine rings is 1. The minimum atomic E-state index is -0.200. The van der Waals surface area contributed by atoms with E-state index in [1.165, 1.54) is 5.56 Å². The highest BCUT2D eigenvalue weighted by atomic mass is 16.1. The summed E-state index contributed by atoms with van der Waals surface area (Å²) in [5, 5.41) is 6.54. The van der Waals surface area contributed by atoms with E-state index in [9.17, 15) is 4.79 Å². The van der Waals surface area contributed by atoms with E-state index in [0.717, 1.165) is 42.3 Å². The number of fused-ring (bicyclic) bond motifs is 1. The molecule has 4 aromatic rings. The number of pyridine rings is 1. The number of hydrogen-bond acceptors (Lipinski definition) is 5. The Bertz CT molecular complexity index is 1240. The smallest absolute Gasteiger partial charge is 0.270 e. The van der Waals surface area contributed by atoms with Gasteiger partial charge in [0.1, 0.15) is 17.3 Å². The van der Waals surface area contributed by atoms with Crippen LogP contribution in [-0.2, 0) is 13.6 Å². The van der Waals surface area contributed by atoms with Gasteiger partial charge in [-0.3, -0.25) is 4.79 Å². The minimum absolute atomic E-state index is 0.200. The van der Waals surface area contributed by atoms with Crippen molar-refractivity contribution in [2.24, 2.45) is 7.05 Å². The Kier molecular flexibility index (Phi) is 5.56. The molecule has 162 valence electrons. The SMILES string of the molecule is Cn1c(CNC(=O)c2cccc(N3CCN[C@@H](c4ccccc4)C3)n2)nc2ccccc21. The van der Waals surface area contributed by atoms with E-state index in [-0.39, 0.29) is 11.9 Å². The number of benzene rings is 2. The van der Waals surface area contributed by atoms with Gasteiger partial charge >= 0.3 is 0 Å². The molecule has 2 aromatic carbocycles. The Labute approximate surface area is 187 Å². The Morgan fingerprint density at radius 1 is 1.03 bits per heavy atom. The highest BCUT2D eigenvalue weighted by Crippen LogP contribution is 2.21. The second-order valence-electron chi connectivity index (χ2n) is 8.00. The Hall–Kier alpha value is -3.71. The van der Waals surface area contributed by atoms with Crippen molar-refractivity contribution < 1.29 is 4.79 Å². The third-order valence-corrected chi connectivity index (χ3v) is 5.96. The van der Waals surface area contributed by atoms with Gasteiger partial charge < -0.3 is 20.1 Å². The van der Waals surface area contributed by atoms with E-state index in [0.29, 0.717) is 12.2 Å². The third-order valence-electron chi connectivity index (χ3n) is 5.96. The predicted molar refractivity (Wildman–Crippen MR) is 126 cm³/mol. The van der Waals surface area contributed by atoms with E-state index in [4.69, 9.17) is 0 Å². The number of hydrogen-bond donors (Lipinski definition) is 2. The quantitative estimate of drug-likeness (QED) is 0.513. The van der Waals surface area contributed by atoms with Gasteiger partial charge in [-0.05, 0) is 29.8 Å². The van der Waals surface area contributed by atoms with Crippen molar-refractivity contribution in [1.29, 1.82) is 0 Å². The average molecular weight is 427 g/mol. The highest BCUT2D eigenvalue weighted by molar-refractivity contribution is 5.92. The molecular weight excluding hydrogens is 400 g/mol. The molecule has 3 heterocycles. The van der Waals surface area contributed by atoms with Crippen LogP contribution >= 0.6 is 0 Å². The van der Waals surface area contributed by atoms with Gasteiger partial charge in [0.25, 0.3) is 5.91 Å². The summed E-state index contributed by atoms with van der Waals surface area (Å²) in [6.07, 6.45) is 0. The zero-order valence-corrected chi connectivity index (χ0v) is 18.0. The van der Waals surface area contributed by atoms with E-state index in [2.05, 4.69) is 49.8 Å². The number of para-hydroxylation sites is 2. The maximum absolute atomic E-state index is 12.8. The molecule has 0 unspecified atom stereocenters. The number of carbonyl (C=O) groups excluding carboxylic acids is 1. The van der Waals surface area contributed by atoms with Crippen molar-refractivity contribution in [1.82, 2.24) is 25.2 Å². The molecule has 0 radical (unpaired) electrons. The van der Waals surface area contributed by atoms with Crippen molar-refractivity contribution >= 4 is 22.8 Å². The van der Waals surface area contributed by atoms with Crippen molar-refractivity contribution in [2.75, 3.05) is 24.5 Å². The molecule has 1 fully saturated rings. The molecule has 0 bridgehead atoms. The van der Waals surface area contributed by atoms with Crippen molar-refractivity contribution in [3.63, 3.8) is 0 Å². The van der Waals surface area contributed by atoms with E-state index < -0.39 is 0 Å². The zero-order valence-electron chi connectivity index (χ0n) is 18.0. The molecule has 1 amide bonds. The summed E-state index contributed by atoms with van der Waals surface area (Å²) < 4.78 is 2.00. The first-order valence-corrected chi connectivity index (χ1v) is 10.9. The summed E-state index contributed by atoms with van der Waals surface area (Å²) in [6.45, 7) is 2.87. The fourth-order valence-electron chi connectivity index (χ4n) is 4.20. The number of aromatic nitrogens is 3. The van der Waals surface area contributed by atoms with Crippen LogP contribution in [0.2, 0.25) is 0 Å².